The number of nitro groups is 1. The predicted octanol–water partition coefficient (Wildman–Crippen LogP) is 3.61. The molecule has 0 radical (unpaired) electrons. The molecule has 0 bridgehead atoms. The Labute approximate surface area is 149 Å². The van der Waals surface area contributed by atoms with Gasteiger partial charge in [0.15, 0.2) is 5.70 Å². The van der Waals surface area contributed by atoms with Crippen molar-refractivity contribution in [3.63, 3.8) is 0 Å². The number of nitro benzene ring substituents is 1. The van der Waals surface area contributed by atoms with Crippen LogP contribution >= 0.6 is 0 Å². The van der Waals surface area contributed by atoms with Gasteiger partial charge in [0, 0.05) is 18.2 Å². The number of cyclic esters (lactones) is 1. The van der Waals surface area contributed by atoms with E-state index in [1.807, 2.05) is 0 Å². The van der Waals surface area contributed by atoms with Gasteiger partial charge in [-0.15, -0.1) is 0 Å². The summed E-state index contributed by atoms with van der Waals surface area (Å²) in [6, 6.07) is 13.3. The molecular formula is C19H14N2O5. The zero-order chi connectivity index (χ0) is 18.5. The Hall–Kier alpha value is -3.74. The Morgan fingerprint density at radius 1 is 1.12 bits per heavy atom. The summed E-state index contributed by atoms with van der Waals surface area (Å²) in [5, 5.41) is 10.8. The van der Waals surface area contributed by atoms with Crippen LogP contribution in [0.4, 0.5) is 5.69 Å². The molecule has 1 aliphatic rings. The average molecular weight is 350 g/mol. The first kappa shape index (κ1) is 17.1. The molecule has 0 saturated heterocycles. The maximum atomic E-state index is 11.9. The molecule has 0 aromatic heterocycles. The smallest absolute Gasteiger partial charge is 0.363 e. The number of hydrogen-bond donors (Lipinski definition) is 0. The van der Waals surface area contributed by atoms with Crippen LogP contribution < -0.4 is 4.74 Å². The van der Waals surface area contributed by atoms with Gasteiger partial charge in [0.25, 0.3) is 5.69 Å². The van der Waals surface area contributed by atoms with Crippen molar-refractivity contribution in [2.24, 2.45) is 4.99 Å². The van der Waals surface area contributed by atoms with Gasteiger partial charge >= 0.3 is 5.97 Å². The van der Waals surface area contributed by atoms with Crippen molar-refractivity contribution in [2.75, 3.05) is 7.11 Å². The van der Waals surface area contributed by atoms with E-state index >= 15 is 0 Å². The van der Waals surface area contributed by atoms with Gasteiger partial charge in [-0.2, -0.15) is 0 Å². The standard InChI is InChI=1S/C19H14N2O5/c1-25-16-8-5-14(6-9-16)12-17-19(22)26-18(20-17)10-7-13-3-2-4-15(11-13)21(23)24/h2-12H,1H3. The van der Waals surface area contributed by atoms with E-state index < -0.39 is 10.9 Å². The molecule has 7 heteroatoms. The van der Waals surface area contributed by atoms with Crippen LogP contribution in [-0.4, -0.2) is 23.9 Å². The molecule has 0 aliphatic carbocycles. The van der Waals surface area contributed by atoms with Crippen LogP contribution in [0.25, 0.3) is 12.2 Å². The lowest BCUT2D eigenvalue weighted by molar-refractivity contribution is -0.384. The maximum Gasteiger partial charge on any atom is 0.363 e. The highest BCUT2D eigenvalue weighted by Crippen LogP contribution is 2.19. The molecular weight excluding hydrogens is 336 g/mol. The van der Waals surface area contributed by atoms with E-state index in [4.69, 9.17) is 9.47 Å². The average Bonchev–Trinajstić information content (AvgIpc) is 3.00. The largest absolute Gasteiger partial charge is 0.497 e. The van der Waals surface area contributed by atoms with Crippen LogP contribution in [0, 0.1) is 10.1 Å². The predicted molar refractivity (Wildman–Crippen MR) is 96.6 cm³/mol. The van der Waals surface area contributed by atoms with Crippen molar-refractivity contribution >= 4 is 29.7 Å². The molecule has 0 unspecified atom stereocenters. The van der Waals surface area contributed by atoms with Crippen LogP contribution in [0.1, 0.15) is 11.1 Å². The topological polar surface area (TPSA) is 91.0 Å². The third kappa shape index (κ3) is 4.02. The summed E-state index contributed by atoms with van der Waals surface area (Å²) in [6.07, 6.45) is 4.69. The van der Waals surface area contributed by atoms with Crippen LogP contribution in [0.3, 0.4) is 0 Å². The third-order valence-corrected chi connectivity index (χ3v) is 3.56. The second-order valence-electron chi connectivity index (χ2n) is 5.33. The number of hydrogen-bond acceptors (Lipinski definition) is 6. The highest BCUT2D eigenvalue weighted by atomic mass is 16.6. The molecule has 1 heterocycles. The van der Waals surface area contributed by atoms with Gasteiger partial charge in [-0.25, -0.2) is 9.79 Å². The van der Waals surface area contributed by atoms with Gasteiger partial charge in [-0.3, -0.25) is 10.1 Å². The zero-order valence-corrected chi connectivity index (χ0v) is 13.8. The summed E-state index contributed by atoms with van der Waals surface area (Å²) in [6.45, 7) is 0. The van der Waals surface area contributed by atoms with Crippen molar-refractivity contribution in [3.05, 3.63) is 81.5 Å². The highest BCUT2D eigenvalue weighted by molar-refractivity contribution is 6.11. The lowest BCUT2D eigenvalue weighted by atomic mass is 10.2. The van der Waals surface area contributed by atoms with Gasteiger partial charge in [0.05, 0.1) is 12.0 Å². The minimum absolute atomic E-state index is 0.0161. The number of nitrogens with zero attached hydrogens (tertiary/aromatic N) is 2. The van der Waals surface area contributed by atoms with Gasteiger partial charge in [0.2, 0.25) is 5.90 Å². The fourth-order valence-electron chi connectivity index (χ4n) is 2.26. The third-order valence-electron chi connectivity index (χ3n) is 3.56. The summed E-state index contributed by atoms with van der Waals surface area (Å²) in [4.78, 5) is 26.4. The first-order chi connectivity index (χ1) is 12.5. The molecule has 7 nitrogen and oxygen atoms in total. The molecule has 26 heavy (non-hydrogen) atoms. The number of benzene rings is 2. The number of esters is 1. The number of methoxy groups -OCH3 is 1. The summed E-state index contributed by atoms with van der Waals surface area (Å²) < 4.78 is 10.2. The fourth-order valence-corrected chi connectivity index (χ4v) is 2.26. The summed E-state index contributed by atoms with van der Waals surface area (Å²) >= 11 is 0. The number of ether oxygens (including phenoxy) is 2. The van der Waals surface area contributed by atoms with Gasteiger partial charge in [-0.05, 0) is 35.4 Å². The molecule has 0 atom stereocenters. The number of non-ortho nitro benzene ring substituents is 1. The Morgan fingerprint density at radius 2 is 1.88 bits per heavy atom. The molecule has 0 saturated carbocycles. The van der Waals surface area contributed by atoms with E-state index in [-0.39, 0.29) is 17.3 Å². The molecule has 2 aromatic carbocycles. The Morgan fingerprint density at radius 3 is 2.58 bits per heavy atom. The van der Waals surface area contributed by atoms with Crippen molar-refractivity contribution in [1.82, 2.24) is 0 Å². The summed E-state index contributed by atoms with van der Waals surface area (Å²) in [5.74, 6) is 0.283. The van der Waals surface area contributed by atoms with E-state index in [1.165, 1.54) is 18.2 Å². The van der Waals surface area contributed by atoms with Crippen LogP contribution in [0.5, 0.6) is 5.75 Å². The SMILES string of the molecule is COc1ccc(C=C2N=C(C=Cc3cccc([N+](=O)[O-])c3)OC2=O)cc1. The zero-order valence-electron chi connectivity index (χ0n) is 13.8. The van der Waals surface area contributed by atoms with Crippen LogP contribution in [0.15, 0.2) is 65.3 Å². The molecule has 130 valence electrons. The van der Waals surface area contributed by atoms with Crippen molar-refractivity contribution < 1.29 is 19.2 Å². The second-order valence-corrected chi connectivity index (χ2v) is 5.33. The normalized spacial score (nSPS) is 15.2. The first-order valence-electron chi connectivity index (χ1n) is 7.64. The van der Waals surface area contributed by atoms with E-state index in [0.717, 1.165) is 5.56 Å². The molecule has 2 aromatic rings. The van der Waals surface area contributed by atoms with Crippen molar-refractivity contribution in [1.29, 1.82) is 0 Å². The second kappa shape index (κ2) is 7.43. The van der Waals surface area contributed by atoms with Crippen molar-refractivity contribution in [2.45, 2.75) is 0 Å². The minimum Gasteiger partial charge on any atom is -0.497 e. The first-order valence-corrected chi connectivity index (χ1v) is 7.64. The molecule has 0 fully saturated rings. The van der Waals surface area contributed by atoms with E-state index in [0.29, 0.717) is 11.3 Å². The van der Waals surface area contributed by atoms with Crippen LogP contribution in [-0.2, 0) is 9.53 Å². The molecule has 0 spiro atoms. The Kier molecular flexibility index (Phi) is 4.89. The minimum atomic E-state index is -0.556. The Balaban J connectivity index is 1.78. The van der Waals surface area contributed by atoms with Gasteiger partial charge in [-0.1, -0.05) is 24.3 Å². The molecule has 3 rings (SSSR count). The maximum absolute atomic E-state index is 11.9. The van der Waals surface area contributed by atoms with E-state index in [1.54, 1.807) is 55.7 Å². The lowest BCUT2D eigenvalue weighted by Crippen LogP contribution is -2.01. The molecule has 1 aliphatic heterocycles. The fraction of sp³-hybridized carbons (Fsp3) is 0.0526. The molecule has 0 N–H and O–H groups in total. The summed E-state index contributed by atoms with van der Waals surface area (Å²) in [5.41, 5.74) is 1.54. The number of carbonyl (C=O) groups is 1. The summed E-state index contributed by atoms with van der Waals surface area (Å²) in [7, 11) is 1.58. The van der Waals surface area contributed by atoms with E-state index in [2.05, 4.69) is 4.99 Å². The number of rotatable bonds is 5. The Bertz CT molecular complexity index is 943. The molecule has 0 amide bonds. The van der Waals surface area contributed by atoms with Gasteiger partial charge < -0.3 is 9.47 Å². The number of carbonyl (C=O) groups excluding carboxylic acids is 1. The lowest BCUT2D eigenvalue weighted by Gasteiger charge is -1.99. The number of aliphatic imine (C=N–C) groups is 1. The van der Waals surface area contributed by atoms with Gasteiger partial charge in [0.1, 0.15) is 5.75 Å². The monoisotopic (exact) mass is 350 g/mol. The van der Waals surface area contributed by atoms with Crippen molar-refractivity contribution in [3.8, 4) is 5.75 Å². The van der Waals surface area contributed by atoms with E-state index in [9.17, 15) is 14.9 Å². The highest BCUT2D eigenvalue weighted by Gasteiger charge is 2.21. The van der Waals surface area contributed by atoms with Crippen LogP contribution in [0.2, 0.25) is 0 Å². The quantitative estimate of drug-likeness (QED) is 0.355.